The normalized spacial score (nSPS) is 15.8. The molecular weight excluding hydrogens is 281 g/mol. The summed E-state index contributed by atoms with van der Waals surface area (Å²) in [7, 11) is 0. The van der Waals surface area contributed by atoms with E-state index in [-0.39, 0.29) is 11.0 Å². The maximum Gasteiger partial charge on any atom is 0.451 e. The lowest BCUT2D eigenvalue weighted by Gasteiger charge is -2.07. The lowest BCUT2D eigenvalue weighted by atomic mass is 10.3. The molecule has 0 saturated heterocycles. The Kier molecular flexibility index (Phi) is 2.74. The zero-order valence-electron chi connectivity index (χ0n) is 9.52. The summed E-state index contributed by atoms with van der Waals surface area (Å²) in [6.07, 6.45) is -0.927. The van der Waals surface area contributed by atoms with Gasteiger partial charge in [-0.1, -0.05) is 11.6 Å². The van der Waals surface area contributed by atoms with E-state index in [2.05, 4.69) is 15.1 Å². The van der Waals surface area contributed by atoms with E-state index < -0.39 is 12.0 Å². The Morgan fingerprint density at radius 2 is 2.00 bits per heavy atom. The molecule has 0 radical (unpaired) electrons. The fourth-order valence-corrected chi connectivity index (χ4v) is 1.89. The Morgan fingerprint density at radius 3 is 2.63 bits per heavy atom. The largest absolute Gasteiger partial charge is 0.451 e. The van der Waals surface area contributed by atoms with Crippen molar-refractivity contribution in [1.82, 2.24) is 19.7 Å². The minimum Gasteiger partial charge on any atom is -0.222 e. The van der Waals surface area contributed by atoms with Crippen molar-refractivity contribution < 1.29 is 13.2 Å². The molecule has 1 fully saturated rings. The first-order valence-electron chi connectivity index (χ1n) is 5.61. The third-order valence-electron chi connectivity index (χ3n) is 2.77. The Bertz CT molecular complexity index is 619. The van der Waals surface area contributed by atoms with Crippen molar-refractivity contribution in [2.75, 3.05) is 0 Å². The molecule has 19 heavy (non-hydrogen) atoms. The number of rotatable bonds is 2. The van der Waals surface area contributed by atoms with Gasteiger partial charge in [0.1, 0.15) is 5.15 Å². The van der Waals surface area contributed by atoms with E-state index in [0.29, 0.717) is 5.92 Å². The predicted octanol–water partition coefficient (Wildman–Crippen LogP) is 3.21. The van der Waals surface area contributed by atoms with E-state index in [1.54, 1.807) is 12.3 Å². The van der Waals surface area contributed by atoms with Crippen LogP contribution in [0.1, 0.15) is 30.3 Å². The van der Waals surface area contributed by atoms with Gasteiger partial charge in [0.25, 0.3) is 0 Å². The molecule has 2 heterocycles. The minimum atomic E-state index is -4.63. The molecule has 3 rings (SSSR count). The zero-order chi connectivity index (χ0) is 13.6. The smallest absolute Gasteiger partial charge is 0.222 e. The summed E-state index contributed by atoms with van der Waals surface area (Å²) in [6, 6.07) is 3.03. The van der Waals surface area contributed by atoms with Gasteiger partial charge in [-0.25, -0.2) is 14.6 Å². The molecule has 0 N–H and O–H groups in total. The summed E-state index contributed by atoms with van der Waals surface area (Å²) in [5, 5.41) is 3.94. The van der Waals surface area contributed by atoms with Gasteiger partial charge < -0.3 is 0 Å². The van der Waals surface area contributed by atoms with E-state index in [1.165, 1.54) is 10.7 Å². The van der Waals surface area contributed by atoms with Gasteiger partial charge in [-0.3, -0.25) is 0 Å². The molecule has 1 aliphatic rings. The number of alkyl halides is 3. The highest BCUT2D eigenvalue weighted by Gasteiger charge is 2.35. The average Bonchev–Trinajstić information content (AvgIpc) is 3.05. The standard InChI is InChI=1S/C11H8ClF3N4/c12-8-5-9(17-10(16-8)11(13,14)15)19-4-3-7(18-19)6-1-2-6/h3-6H,1-2H2. The second-order valence-electron chi connectivity index (χ2n) is 4.33. The summed E-state index contributed by atoms with van der Waals surface area (Å²) >= 11 is 5.60. The molecule has 2 aromatic rings. The molecule has 0 amide bonds. The summed E-state index contributed by atoms with van der Waals surface area (Å²) in [6.45, 7) is 0. The number of hydrogen-bond acceptors (Lipinski definition) is 3. The first-order valence-corrected chi connectivity index (χ1v) is 5.99. The van der Waals surface area contributed by atoms with Crippen LogP contribution in [0.2, 0.25) is 5.15 Å². The fourth-order valence-electron chi connectivity index (χ4n) is 1.71. The van der Waals surface area contributed by atoms with Crippen molar-refractivity contribution >= 4 is 11.6 Å². The molecular formula is C11H8ClF3N4. The zero-order valence-corrected chi connectivity index (χ0v) is 10.3. The van der Waals surface area contributed by atoms with Crippen molar-refractivity contribution in [3.05, 3.63) is 35.0 Å². The van der Waals surface area contributed by atoms with Crippen LogP contribution in [-0.4, -0.2) is 19.7 Å². The quantitative estimate of drug-likeness (QED) is 0.797. The Labute approximate surface area is 111 Å². The molecule has 0 unspecified atom stereocenters. The molecule has 4 nitrogen and oxygen atoms in total. The van der Waals surface area contributed by atoms with Crippen LogP contribution in [-0.2, 0) is 6.18 Å². The highest BCUT2D eigenvalue weighted by Crippen LogP contribution is 2.39. The van der Waals surface area contributed by atoms with Crippen LogP contribution >= 0.6 is 11.6 Å². The van der Waals surface area contributed by atoms with Gasteiger partial charge in [0.05, 0.1) is 5.69 Å². The fraction of sp³-hybridized carbons (Fsp3) is 0.364. The molecule has 0 spiro atoms. The molecule has 0 atom stereocenters. The van der Waals surface area contributed by atoms with E-state index in [1.807, 2.05) is 0 Å². The molecule has 8 heteroatoms. The highest BCUT2D eigenvalue weighted by molar-refractivity contribution is 6.29. The monoisotopic (exact) mass is 288 g/mol. The van der Waals surface area contributed by atoms with Crippen LogP contribution in [0, 0.1) is 0 Å². The Balaban J connectivity index is 2.01. The van der Waals surface area contributed by atoms with E-state index in [0.717, 1.165) is 18.5 Å². The Hall–Kier alpha value is -1.63. The molecule has 0 aromatic carbocycles. The topological polar surface area (TPSA) is 43.6 Å². The van der Waals surface area contributed by atoms with Gasteiger partial charge in [-0.2, -0.15) is 18.3 Å². The van der Waals surface area contributed by atoms with Crippen LogP contribution in [0.25, 0.3) is 5.82 Å². The van der Waals surface area contributed by atoms with Gasteiger partial charge >= 0.3 is 6.18 Å². The number of nitrogens with zero attached hydrogens (tertiary/aromatic N) is 4. The maximum atomic E-state index is 12.6. The SMILES string of the molecule is FC(F)(F)c1nc(Cl)cc(-n2ccc(C3CC3)n2)n1. The van der Waals surface area contributed by atoms with Gasteiger partial charge in [-0.15, -0.1) is 0 Å². The lowest BCUT2D eigenvalue weighted by Crippen LogP contribution is -2.13. The van der Waals surface area contributed by atoms with Crippen LogP contribution in [0.5, 0.6) is 0 Å². The van der Waals surface area contributed by atoms with Crippen LogP contribution in [0.15, 0.2) is 18.3 Å². The van der Waals surface area contributed by atoms with Gasteiger partial charge in [-0.05, 0) is 18.9 Å². The predicted molar refractivity (Wildman–Crippen MR) is 61.1 cm³/mol. The molecule has 1 saturated carbocycles. The van der Waals surface area contributed by atoms with E-state index >= 15 is 0 Å². The van der Waals surface area contributed by atoms with Gasteiger partial charge in [0, 0.05) is 18.2 Å². The number of aromatic nitrogens is 4. The first-order chi connectivity index (χ1) is 8.93. The van der Waals surface area contributed by atoms with Crippen molar-refractivity contribution in [1.29, 1.82) is 0 Å². The lowest BCUT2D eigenvalue weighted by molar-refractivity contribution is -0.145. The molecule has 0 aliphatic heterocycles. The molecule has 0 bridgehead atoms. The van der Waals surface area contributed by atoms with Crippen molar-refractivity contribution in [2.45, 2.75) is 24.9 Å². The maximum absolute atomic E-state index is 12.6. The van der Waals surface area contributed by atoms with Crippen LogP contribution in [0.3, 0.4) is 0 Å². The van der Waals surface area contributed by atoms with Crippen molar-refractivity contribution in [3.63, 3.8) is 0 Å². The highest BCUT2D eigenvalue weighted by atomic mass is 35.5. The third kappa shape index (κ3) is 2.56. The summed E-state index contributed by atoms with van der Waals surface area (Å²) < 4.78 is 39.1. The van der Waals surface area contributed by atoms with Crippen molar-refractivity contribution in [3.8, 4) is 5.82 Å². The van der Waals surface area contributed by atoms with Crippen LogP contribution in [0.4, 0.5) is 13.2 Å². The molecule has 2 aromatic heterocycles. The second-order valence-corrected chi connectivity index (χ2v) is 4.72. The minimum absolute atomic E-state index is 0.0132. The Morgan fingerprint density at radius 1 is 1.26 bits per heavy atom. The van der Waals surface area contributed by atoms with Gasteiger partial charge in [0.15, 0.2) is 5.82 Å². The van der Waals surface area contributed by atoms with E-state index in [9.17, 15) is 13.2 Å². The molecule has 100 valence electrons. The summed E-state index contributed by atoms with van der Waals surface area (Å²) in [4.78, 5) is 6.62. The second kappa shape index (κ2) is 4.19. The average molecular weight is 289 g/mol. The third-order valence-corrected chi connectivity index (χ3v) is 2.97. The first kappa shape index (κ1) is 12.4. The summed E-state index contributed by atoms with van der Waals surface area (Å²) in [5.74, 6) is -0.835. The van der Waals surface area contributed by atoms with E-state index in [4.69, 9.17) is 11.6 Å². The van der Waals surface area contributed by atoms with Crippen molar-refractivity contribution in [2.24, 2.45) is 0 Å². The number of halogens is 4. The molecule has 1 aliphatic carbocycles. The van der Waals surface area contributed by atoms with Gasteiger partial charge in [0.2, 0.25) is 5.82 Å². The summed E-state index contributed by atoms with van der Waals surface area (Å²) in [5.41, 5.74) is 0.864. The number of hydrogen-bond donors (Lipinski definition) is 0. The van der Waals surface area contributed by atoms with Crippen LogP contribution < -0.4 is 0 Å².